The minimum Gasteiger partial charge on any atom is -0.325 e. The molecule has 1 aliphatic carbocycles. The molecule has 2 aromatic carbocycles. The van der Waals surface area contributed by atoms with Crippen molar-refractivity contribution in [3.05, 3.63) is 58.1 Å². The fourth-order valence-corrected chi connectivity index (χ4v) is 3.30. The van der Waals surface area contributed by atoms with Crippen LogP contribution < -0.4 is 10.6 Å². The third-order valence-corrected chi connectivity index (χ3v) is 4.85. The van der Waals surface area contributed by atoms with Gasteiger partial charge in [-0.25, -0.2) is 0 Å². The van der Waals surface area contributed by atoms with Gasteiger partial charge in [0.1, 0.15) is 5.41 Å². The van der Waals surface area contributed by atoms with Crippen LogP contribution in [0.2, 0.25) is 5.02 Å². The molecule has 0 spiro atoms. The lowest BCUT2D eigenvalue weighted by Crippen LogP contribution is -2.36. The first-order chi connectivity index (χ1) is 11.8. The maximum Gasteiger partial charge on any atom is 0.240 e. The summed E-state index contributed by atoms with van der Waals surface area (Å²) in [7, 11) is 0. The van der Waals surface area contributed by atoms with E-state index >= 15 is 0 Å². The Bertz CT molecular complexity index is 834. The van der Waals surface area contributed by atoms with E-state index in [0.29, 0.717) is 23.6 Å². The number of hydrogen-bond acceptors (Lipinski definition) is 2. The van der Waals surface area contributed by atoms with E-state index < -0.39 is 5.41 Å². The molecule has 2 amide bonds. The average Bonchev–Trinajstić information content (AvgIpc) is 3.32. The molecule has 3 rings (SSSR count). The van der Waals surface area contributed by atoms with Crippen LogP contribution in [-0.2, 0) is 9.59 Å². The van der Waals surface area contributed by atoms with Gasteiger partial charge in [-0.3, -0.25) is 9.59 Å². The zero-order valence-electron chi connectivity index (χ0n) is 14.6. The van der Waals surface area contributed by atoms with Crippen LogP contribution in [0.4, 0.5) is 11.4 Å². The molecule has 0 heterocycles. The van der Waals surface area contributed by atoms with E-state index in [4.69, 9.17) is 11.6 Å². The molecule has 1 aliphatic rings. The molecule has 0 aliphatic heterocycles. The molecule has 2 N–H and O–H groups in total. The van der Waals surface area contributed by atoms with Gasteiger partial charge < -0.3 is 10.6 Å². The Hall–Kier alpha value is -2.33. The van der Waals surface area contributed by atoms with Gasteiger partial charge in [0.05, 0.1) is 0 Å². The maximum absolute atomic E-state index is 12.8. The van der Waals surface area contributed by atoms with Crippen molar-refractivity contribution in [1.29, 1.82) is 0 Å². The number of amides is 2. The number of carbonyl (C=O) groups is 2. The Morgan fingerprint density at radius 2 is 1.56 bits per heavy atom. The molecule has 1 fully saturated rings. The molecule has 0 radical (unpaired) electrons. The second-order valence-electron chi connectivity index (χ2n) is 6.77. The number of carbonyl (C=O) groups excluding carboxylic acids is 2. The summed E-state index contributed by atoms with van der Waals surface area (Å²) < 4.78 is 0. The van der Waals surface area contributed by atoms with Gasteiger partial charge in [0.25, 0.3) is 0 Å². The summed E-state index contributed by atoms with van der Waals surface area (Å²) in [6, 6.07) is 11.0. The monoisotopic (exact) mass is 356 g/mol. The predicted octanol–water partition coefficient (Wildman–Crippen LogP) is 4.62. The molecule has 0 bridgehead atoms. The number of aryl methyl sites for hydroxylation is 3. The van der Waals surface area contributed by atoms with Crippen LogP contribution in [0.15, 0.2) is 36.4 Å². The lowest BCUT2D eigenvalue weighted by molar-refractivity contribution is -0.131. The van der Waals surface area contributed by atoms with E-state index in [0.717, 1.165) is 22.4 Å². The Morgan fingerprint density at radius 3 is 2.12 bits per heavy atom. The normalized spacial score (nSPS) is 14.7. The van der Waals surface area contributed by atoms with Gasteiger partial charge in [0.2, 0.25) is 11.8 Å². The molecular formula is C20H21ClN2O2. The average molecular weight is 357 g/mol. The summed E-state index contributed by atoms with van der Waals surface area (Å²) in [5.41, 5.74) is 3.53. The van der Waals surface area contributed by atoms with Crippen LogP contribution in [0.5, 0.6) is 0 Å². The summed E-state index contributed by atoms with van der Waals surface area (Å²) in [6.07, 6.45) is 1.10. The van der Waals surface area contributed by atoms with Crippen molar-refractivity contribution in [2.24, 2.45) is 5.41 Å². The first-order valence-corrected chi connectivity index (χ1v) is 8.66. The van der Waals surface area contributed by atoms with Gasteiger partial charge in [-0.15, -0.1) is 0 Å². The van der Waals surface area contributed by atoms with Crippen LogP contribution in [0, 0.1) is 26.2 Å². The van der Waals surface area contributed by atoms with E-state index in [2.05, 4.69) is 10.6 Å². The molecule has 0 atom stereocenters. The van der Waals surface area contributed by atoms with Crippen molar-refractivity contribution in [2.75, 3.05) is 10.6 Å². The van der Waals surface area contributed by atoms with Gasteiger partial charge in [-0.1, -0.05) is 35.4 Å². The number of benzene rings is 2. The zero-order valence-corrected chi connectivity index (χ0v) is 15.3. The van der Waals surface area contributed by atoms with Crippen molar-refractivity contribution >= 4 is 34.8 Å². The van der Waals surface area contributed by atoms with E-state index in [9.17, 15) is 9.59 Å². The smallest absolute Gasteiger partial charge is 0.240 e. The Kier molecular flexibility index (Phi) is 4.56. The summed E-state index contributed by atoms with van der Waals surface area (Å²) in [4.78, 5) is 25.4. The maximum atomic E-state index is 12.8. The van der Waals surface area contributed by atoms with Crippen molar-refractivity contribution < 1.29 is 9.59 Å². The molecule has 0 unspecified atom stereocenters. The molecule has 0 saturated heterocycles. The molecule has 5 heteroatoms. The predicted molar refractivity (Wildman–Crippen MR) is 101 cm³/mol. The van der Waals surface area contributed by atoms with E-state index in [-0.39, 0.29) is 11.8 Å². The van der Waals surface area contributed by atoms with Crippen LogP contribution in [-0.4, -0.2) is 11.8 Å². The van der Waals surface area contributed by atoms with Crippen LogP contribution in [0.1, 0.15) is 29.5 Å². The number of nitrogens with one attached hydrogen (secondary N) is 2. The molecular weight excluding hydrogens is 336 g/mol. The molecule has 130 valence electrons. The van der Waals surface area contributed by atoms with Crippen LogP contribution in [0.25, 0.3) is 0 Å². The van der Waals surface area contributed by atoms with E-state index in [1.54, 1.807) is 24.3 Å². The number of hydrogen-bond donors (Lipinski definition) is 2. The highest BCUT2D eigenvalue weighted by Gasteiger charge is 2.56. The SMILES string of the molecule is Cc1cc(C)c(NC(=O)C2(C(=O)Nc3cccc(Cl)c3)CC2)c(C)c1. The lowest BCUT2D eigenvalue weighted by Gasteiger charge is -2.18. The molecule has 4 nitrogen and oxygen atoms in total. The number of halogens is 1. The number of anilines is 2. The van der Waals surface area contributed by atoms with Crippen molar-refractivity contribution in [2.45, 2.75) is 33.6 Å². The van der Waals surface area contributed by atoms with Gasteiger partial charge in [-0.05, 0) is 62.9 Å². The highest BCUT2D eigenvalue weighted by molar-refractivity contribution is 6.31. The first-order valence-electron chi connectivity index (χ1n) is 8.28. The van der Waals surface area contributed by atoms with Crippen LogP contribution >= 0.6 is 11.6 Å². The fraction of sp³-hybridized carbons (Fsp3) is 0.300. The van der Waals surface area contributed by atoms with Gasteiger partial charge in [0, 0.05) is 16.4 Å². The molecule has 2 aromatic rings. The topological polar surface area (TPSA) is 58.2 Å². The molecule has 25 heavy (non-hydrogen) atoms. The van der Waals surface area contributed by atoms with Crippen molar-refractivity contribution in [1.82, 2.24) is 0 Å². The Balaban J connectivity index is 1.76. The minimum atomic E-state index is -0.994. The molecule has 1 saturated carbocycles. The second-order valence-corrected chi connectivity index (χ2v) is 7.21. The standard InChI is InChI=1S/C20H21ClN2O2/c1-12-9-13(2)17(14(3)10-12)23-19(25)20(7-8-20)18(24)22-16-6-4-5-15(21)11-16/h4-6,9-11H,7-8H2,1-3H3,(H,22,24)(H,23,25). The largest absolute Gasteiger partial charge is 0.325 e. The third kappa shape index (κ3) is 3.54. The third-order valence-electron chi connectivity index (χ3n) is 4.62. The quantitative estimate of drug-likeness (QED) is 0.785. The summed E-state index contributed by atoms with van der Waals surface area (Å²) in [5, 5.41) is 6.31. The zero-order chi connectivity index (χ0) is 18.2. The van der Waals surface area contributed by atoms with Gasteiger partial charge >= 0.3 is 0 Å². The van der Waals surface area contributed by atoms with Crippen molar-refractivity contribution in [3.63, 3.8) is 0 Å². The van der Waals surface area contributed by atoms with Gasteiger partial charge in [0.15, 0.2) is 0 Å². The highest BCUT2D eigenvalue weighted by Crippen LogP contribution is 2.47. The highest BCUT2D eigenvalue weighted by atomic mass is 35.5. The number of rotatable bonds is 4. The first kappa shape index (κ1) is 17.5. The summed E-state index contributed by atoms with van der Waals surface area (Å²) >= 11 is 5.95. The van der Waals surface area contributed by atoms with Crippen molar-refractivity contribution in [3.8, 4) is 0 Å². The summed E-state index contributed by atoms with van der Waals surface area (Å²) in [5.74, 6) is -0.531. The van der Waals surface area contributed by atoms with Crippen LogP contribution in [0.3, 0.4) is 0 Å². The molecule has 0 aromatic heterocycles. The Morgan fingerprint density at radius 1 is 0.960 bits per heavy atom. The summed E-state index contributed by atoms with van der Waals surface area (Å²) in [6.45, 7) is 5.94. The lowest BCUT2D eigenvalue weighted by atomic mass is 10.0. The fourth-order valence-electron chi connectivity index (χ4n) is 3.11. The minimum absolute atomic E-state index is 0.248. The second kappa shape index (κ2) is 6.52. The van der Waals surface area contributed by atoms with E-state index in [1.807, 2.05) is 32.9 Å². The Labute approximate surface area is 152 Å². The van der Waals surface area contributed by atoms with E-state index in [1.165, 1.54) is 0 Å². The van der Waals surface area contributed by atoms with Gasteiger partial charge in [-0.2, -0.15) is 0 Å².